The summed E-state index contributed by atoms with van der Waals surface area (Å²) in [6.07, 6.45) is 4.52. The molecule has 3 heteroatoms. The van der Waals surface area contributed by atoms with Crippen molar-refractivity contribution in [2.24, 2.45) is 0 Å². The predicted octanol–water partition coefficient (Wildman–Crippen LogP) is 2.17. The smallest absolute Gasteiger partial charge is 0.137 e. The molecule has 0 aliphatic carbocycles. The van der Waals surface area contributed by atoms with Gasteiger partial charge in [-0.15, -0.1) is 0 Å². The fourth-order valence-electron chi connectivity index (χ4n) is 2.27. The highest BCUT2D eigenvalue weighted by atomic mass is 16.5. The Labute approximate surface area is 107 Å². The fraction of sp³-hybridized carbons (Fsp3) is 0.267. The van der Waals surface area contributed by atoms with E-state index in [9.17, 15) is 0 Å². The molecule has 0 saturated heterocycles. The molecular formula is C15H16N2O. The summed E-state index contributed by atoms with van der Waals surface area (Å²) in [7, 11) is 0. The van der Waals surface area contributed by atoms with E-state index in [4.69, 9.17) is 4.74 Å². The van der Waals surface area contributed by atoms with E-state index in [2.05, 4.69) is 34.6 Å². The molecule has 0 amide bonds. The Morgan fingerprint density at radius 1 is 1.17 bits per heavy atom. The van der Waals surface area contributed by atoms with Gasteiger partial charge in [-0.2, -0.15) is 0 Å². The molecule has 1 aliphatic heterocycles. The maximum Gasteiger partial charge on any atom is 0.137 e. The van der Waals surface area contributed by atoms with E-state index in [1.165, 1.54) is 11.1 Å². The number of hydrogen-bond donors (Lipinski definition) is 1. The topological polar surface area (TPSA) is 34.1 Å². The highest BCUT2D eigenvalue weighted by Crippen LogP contribution is 2.17. The number of fused-ring (bicyclic) bond motifs is 1. The van der Waals surface area contributed by atoms with Gasteiger partial charge < -0.3 is 10.1 Å². The Kier molecular flexibility index (Phi) is 3.24. The molecule has 3 nitrogen and oxygen atoms in total. The van der Waals surface area contributed by atoms with Crippen molar-refractivity contribution < 1.29 is 4.74 Å². The van der Waals surface area contributed by atoms with Gasteiger partial charge in [-0.3, -0.25) is 4.98 Å². The van der Waals surface area contributed by atoms with Crippen LogP contribution < -0.4 is 10.1 Å². The summed E-state index contributed by atoms with van der Waals surface area (Å²) >= 11 is 0. The zero-order chi connectivity index (χ0) is 12.2. The number of nitrogens with zero attached hydrogens (tertiary/aromatic N) is 1. The standard InChI is InChI=1S/C15H16N2O/c1-2-5-13-9-17-14(8-12(13)4-1)11-18-15-6-3-7-16-10-15/h1-7,10,14,17H,8-9,11H2. The molecule has 92 valence electrons. The lowest BCUT2D eigenvalue weighted by atomic mass is 9.96. The van der Waals surface area contributed by atoms with Crippen LogP contribution in [0.1, 0.15) is 11.1 Å². The van der Waals surface area contributed by atoms with Crippen LogP contribution in [0, 0.1) is 0 Å². The molecule has 0 radical (unpaired) electrons. The zero-order valence-electron chi connectivity index (χ0n) is 10.2. The van der Waals surface area contributed by atoms with Gasteiger partial charge in [0.15, 0.2) is 0 Å². The van der Waals surface area contributed by atoms with Gasteiger partial charge in [0.25, 0.3) is 0 Å². The number of hydrogen-bond acceptors (Lipinski definition) is 3. The van der Waals surface area contributed by atoms with E-state index < -0.39 is 0 Å². The van der Waals surface area contributed by atoms with Crippen LogP contribution in [-0.2, 0) is 13.0 Å². The van der Waals surface area contributed by atoms with Gasteiger partial charge in [-0.05, 0) is 29.7 Å². The largest absolute Gasteiger partial charge is 0.490 e. The lowest BCUT2D eigenvalue weighted by Crippen LogP contribution is -2.39. The Bertz CT molecular complexity index is 513. The first-order chi connectivity index (χ1) is 8.92. The second-order valence-corrected chi connectivity index (χ2v) is 4.55. The van der Waals surface area contributed by atoms with Crippen LogP contribution in [0.3, 0.4) is 0 Å². The molecular weight excluding hydrogens is 224 g/mol. The van der Waals surface area contributed by atoms with Crippen LogP contribution in [-0.4, -0.2) is 17.6 Å². The molecule has 0 bridgehead atoms. The highest BCUT2D eigenvalue weighted by molar-refractivity contribution is 5.30. The third kappa shape index (κ3) is 2.51. The van der Waals surface area contributed by atoms with Crippen LogP contribution in [0.25, 0.3) is 0 Å². The molecule has 1 aromatic heterocycles. The molecule has 2 heterocycles. The summed E-state index contributed by atoms with van der Waals surface area (Å²) in [6.45, 7) is 1.61. The zero-order valence-corrected chi connectivity index (χ0v) is 10.2. The number of rotatable bonds is 3. The Morgan fingerprint density at radius 3 is 2.89 bits per heavy atom. The van der Waals surface area contributed by atoms with Crippen LogP contribution in [0.4, 0.5) is 0 Å². The molecule has 0 saturated carbocycles. The van der Waals surface area contributed by atoms with Gasteiger partial charge in [-0.25, -0.2) is 0 Å². The average molecular weight is 240 g/mol. The van der Waals surface area contributed by atoms with Crippen molar-refractivity contribution in [1.29, 1.82) is 0 Å². The predicted molar refractivity (Wildman–Crippen MR) is 70.5 cm³/mol. The molecule has 0 spiro atoms. The summed E-state index contributed by atoms with van der Waals surface area (Å²) in [5.41, 5.74) is 2.83. The second-order valence-electron chi connectivity index (χ2n) is 4.55. The van der Waals surface area contributed by atoms with Gasteiger partial charge >= 0.3 is 0 Å². The second kappa shape index (κ2) is 5.19. The van der Waals surface area contributed by atoms with Crippen molar-refractivity contribution in [2.45, 2.75) is 19.0 Å². The Hall–Kier alpha value is -1.87. The van der Waals surface area contributed by atoms with Crippen molar-refractivity contribution in [3.8, 4) is 5.75 Å². The summed E-state index contributed by atoms with van der Waals surface area (Å²) in [4.78, 5) is 4.04. The molecule has 2 aromatic rings. The SMILES string of the molecule is c1cncc(OCC2Cc3ccccc3CN2)c1. The molecule has 3 rings (SSSR count). The van der Waals surface area contributed by atoms with Crippen molar-refractivity contribution in [3.63, 3.8) is 0 Å². The first kappa shape index (κ1) is 11.2. The van der Waals surface area contributed by atoms with Crippen molar-refractivity contribution >= 4 is 0 Å². The van der Waals surface area contributed by atoms with Crippen molar-refractivity contribution in [2.75, 3.05) is 6.61 Å². The van der Waals surface area contributed by atoms with Crippen LogP contribution in [0.5, 0.6) is 5.75 Å². The maximum absolute atomic E-state index is 5.74. The van der Waals surface area contributed by atoms with Crippen molar-refractivity contribution in [3.05, 3.63) is 59.9 Å². The molecule has 1 atom stereocenters. The van der Waals surface area contributed by atoms with E-state index in [1.54, 1.807) is 12.4 Å². The molecule has 1 unspecified atom stereocenters. The minimum Gasteiger partial charge on any atom is -0.490 e. The molecule has 1 aliphatic rings. The van der Waals surface area contributed by atoms with Gasteiger partial charge in [0.05, 0.1) is 6.20 Å². The number of aromatic nitrogens is 1. The number of benzene rings is 1. The van der Waals surface area contributed by atoms with Crippen LogP contribution in [0.15, 0.2) is 48.8 Å². The maximum atomic E-state index is 5.74. The first-order valence-corrected chi connectivity index (χ1v) is 6.25. The lowest BCUT2D eigenvalue weighted by molar-refractivity contribution is 0.256. The Balaban J connectivity index is 1.60. The first-order valence-electron chi connectivity index (χ1n) is 6.25. The van der Waals surface area contributed by atoms with E-state index in [1.807, 2.05) is 12.1 Å². The van der Waals surface area contributed by atoms with Crippen molar-refractivity contribution in [1.82, 2.24) is 10.3 Å². The summed E-state index contributed by atoms with van der Waals surface area (Å²) in [6, 6.07) is 12.8. The average Bonchev–Trinajstić information content (AvgIpc) is 2.46. The van der Waals surface area contributed by atoms with Gasteiger partial charge in [-0.1, -0.05) is 24.3 Å². The third-order valence-electron chi connectivity index (χ3n) is 3.25. The Morgan fingerprint density at radius 2 is 2.06 bits per heavy atom. The lowest BCUT2D eigenvalue weighted by Gasteiger charge is -2.26. The van der Waals surface area contributed by atoms with Gasteiger partial charge in [0.2, 0.25) is 0 Å². The normalized spacial score (nSPS) is 18.1. The third-order valence-corrected chi connectivity index (χ3v) is 3.25. The molecule has 1 aromatic carbocycles. The highest BCUT2D eigenvalue weighted by Gasteiger charge is 2.17. The summed E-state index contributed by atoms with van der Waals surface area (Å²) in [5.74, 6) is 0.832. The molecule has 0 fully saturated rings. The minimum atomic E-state index is 0.375. The van der Waals surface area contributed by atoms with E-state index >= 15 is 0 Å². The van der Waals surface area contributed by atoms with Crippen LogP contribution in [0.2, 0.25) is 0 Å². The minimum absolute atomic E-state index is 0.375. The summed E-state index contributed by atoms with van der Waals surface area (Å²) < 4.78 is 5.74. The number of nitrogens with one attached hydrogen (secondary N) is 1. The molecule has 1 N–H and O–H groups in total. The summed E-state index contributed by atoms with van der Waals surface area (Å²) in [5, 5.41) is 3.50. The van der Waals surface area contributed by atoms with Crippen LogP contribution >= 0.6 is 0 Å². The van der Waals surface area contributed by atoms with E-state index in [0.29, 0.717) is 12.6 Å². The number of pyridine rings is 1. The van der Waals surface area contributed by atoms with Gasteiger partial charge in [0.1, 0.15) is 12.4 Å². The monoisotopic (exact) mass is 240 g/mol. The molecule has 18 heavy (non-hydrogen) atoms. The van der Waals surface area contributed by atoms with E-state index in [0.717, 1.165) is 18.7 Å². The van der Waals surface area contributed by atoms with Gasteiger partial charge in [0, 0.05) is 18.8 Å². The number of ether oxygens (including phenoxy) is 1. The van der Waals surface area contributed by atoms with E-state index in [-0.39, 0.29) is 0 Å². The quantitative estimate of drug-likeness (QED) is 0.893. The fourth-order valence-corrected chi connectivity index (χ4v) is 2.27.